The van der Waals surface area contributed by atoms with Crippen LogP contribution in [0, 0.1) is 0 Å². The molecule has 0 saturated heterocycles. The number of hydrogen-bond donors (Lipinski definition) is 2. The molecule has 4 aromatic rings. The summed E-state index contributed by atoms with van der Waals surface area (Å²) >= 11 is 1.28. The fraction of sp³-hybridized carbons (Fsp3) is 0.182. The van der Waals surface area contributed by atoms with Crippen LogP contribution in [0.15, 0.2) is 58.3 Å². The van der Waals surface area contributed by atoms with Crippen molar-refractivity contribution in [2.75, 3.05) is 10.6 Å². The molecule has 0 aliphatic carbocycles. The Morgan fingerprint density at radius 2 is 1.87 bits per heavy atom. The minimum Gasteiger partial charge on any atom is -0.440 e. The number of benzene rings is 2. The van der Waals surface area contributed by atoms with Crippen LogP contribution in [-0.2, 0) is 11.2 Å². The van der Waals surface area contributed by atoms with Gasteiger partial charge >= 0.3 is 0 Å². The van der Waals surface area contributed by atoms with Gasteiger partial charge in [-0.25, -0.2) is 9.97 Å². The number of carbonyl (C=O) groups excluding carboxylic acids is 2. The average Bonchev–Trinajstić information content (AvgIpc) is 3.35. The number of fused-ring (bicyclic) bond motifs is 1. The molecule has 0 atom stereocenters. The summed E-state index contributed by atoms with van der Waals surface area (Å²) in [6, 6.07) is 14.3. The number of amides is 2. The van der Waals surface area contributed by atoms with E-state index in [1.54, 1.807) is 47.8 Å². The smallest absolute Gasteiger partial charge is 0.257 e. The SMILES string of the molecule is CC(C)c1nc2cc(NC(=O)Cc3csc(NC(=O)c4ccccc4)n3)ccc2o1. The Bertz CT molecular complexity index is 1200. The number of rotatable bonds is 6. The summed E-state index contributed by atoms with van der Waals surface area (Å²) in [7, 11) is 0. The fourth-order valence-electron chi connectivity index (χ4n) is 2.84. The van der Waals surface area contributed by atoms with Gasteiger partial charge in [0.05, 0.1) is 12.1 Å². The van der Waals surface area contributed by atoms with Crippen molar-refractivity contribution in [2.24, 2.45) is 0 Å². The second-order valence-electron chi connectivity index (χ2n) is 7.08. The van der Waals surface area contributed by atoms with E-state index >= 15 is 0 Å². The molecule has 0 aliphatic rings. The number of anilines is 2. The molecule has 2 aromatic carbocycles. The van der Waals surface area contributed by atoms with Crippen molar-refractivity contribution in [3.63, 3.8) is 0 Å². The van der Waals surface area contributed by atoms with E-state index in [4.69, 9.17) is 4.42 Å². The van der Waals surface area contributed by atoms with E-state index in [1.165, 1.54) is 11.3 Å². The van der Waals surface area contributed by atoms with Gasteiger partial charge in [0.1, 0.15) is 5.52 Å². The van der Waals surface area contributed by atoms with Gasteiger partial charge in [0.25, 0.3) is 5.91 Å². The highest BCUT2D eigenvalue weighted by Gasteiger charge is 2.13. The molecule has 4 rings (SSSR count). The average molecular weight is 420 g/mol. The van der Waals surface area contributed by atoms with Crippen LogP contribution in [-0.4, -0.2) is 21.8 Å². The summed E-state index contributed by atoms with van der Waals surface area (Å²) in [6.45, 7) is 4.02. The van der Waals surface area contributed by atoms with Crippen LogP contribution in [0.2, 0.25) is 0 Å². The van der Waals surface area contributed by atoms with E-state index in [0.717, 1.165) is 0 Å². The third-order valence-electron chi connectivity index (χ3n) is 4.33. The zero-order chi connectivity index (χ0) is 21.1. The second-order valence-corrected chi connectivity index (χ2v) is 7.94. The first-order valence-electron chi connectivity index (χ1n) is 9.49. The van der Waals surface area contributed by atoms with E-state index in [9.17, 15) is 9.59 Å². The van der Waals surface area contributed by atoms with E-state index in [0.29, 0.717) is 39.1 Å². The lowest BCUT2D eigenvalue weighted by molar-refractivity contribution is -0.115. The van der Waals surface area contributed by atoms with Gasteiger partial charge < -0.3 is 9.73 Å². The Morgan fingerprint density at radius 1 is 1.07 bits per heavy atom. The molecule has 0 aliphatic heterocycles. The molecular formula is C22H20N4O3S. The first-order valence-corrected chi connectivity index (χ1v) is 10.4. The maximum Gasteiger partial charge on any atom is 0.257 e. The van der Waals surface area contributed by atoms with Gasteiger partial charge in [-0.3, -0.25) is 14.9 Å². The Labute approximate surface area is 177 Å². The number of carbonyl (C=O) groups is 2. The Kier molecular flexibility index (Phi) is 5.58. The van der Waals surface area contributed by atoms with Crippen molar-refractivity contribution in [1.82, 2.24) is 9.97 Å². The first-order chi connectivity index (χ1) is 14.5. The molecule has 0 radical (unpaired) electrons. The molecule has 0 saturated carbocycles. The van der Waals surface area contributed by atoms with Gasteiger partial charge in [0.15, 0.2) is 16.6 Å². The highest BCUT2D eigenvalue weighted by Crippen LogP contribution is 2.24. The Morgan fingerprint density at radius 3 is 2.63 bits per heavy atom. The van der Waals surface area contributed by atoms with E-state index in [2.05, 4.69) is 20.6 Å². The molecule has 7 nitrogen and oxygen atoms in total. The largest absolute Gasteiger partial charge is 0.440 e. The summed E-state index contributed by atoms with van der Waals surface area (Å²) in [6.07, 6.45) is 0.103. The molecule has 30 heavy (non-hydrogen) atoms. The van der Waals surface area contributed by atoms with Gasteiger partial charge in [-0.15, -0.1) is 11.3 Å². The monoisotopic (exact) mass is 420 g/mol. The number of nitrogens with zero attached hydrogens (tertiary/aromatic N) is 2. The predicted octanol–water partition coefficient (Wildman–Crippen LogP) is 4.84. The highest BCUT2D eigenvalue weighted by atomic mass is 32.1. The first kappa shape index (κ1) is 19.8. The summed E-state index contributed by atoms with van der Waals surface area (Å²) in [5, 5.41) is 7.82. The lowest BCUT2D eigenvalue weighted by Crippen LogP contribution is -2.15. The lowest BCUT2D eigenvalue weighted by Gasteiger charge is -2.03. The number of hydrogen-bond acceptors (Lipinski definition) is 6. The van der Waals surface area contributed by atoms with E-state index < -0.39 is 0 Å². The Hall–Kier alpha value is -3.52. The van der Waals surface area contributed by atoms with Crippen LogP contribution in [0.1, 0.15) is 41.7 Å². The normalized spacial score (nSPS) is 11.0. The van der Waals surface area contributed by atoms with Crippen LogP contribution < -0.4 is 10.6 Å². The summed E-state index contributed by atoms with van der Waals surface area (Å²) < 4.78 is 5.68. The molecule has 152 valence electrons. The quantitative estimate of drug-likeness (QED) is 0.465. The van der Waals surface area contributed by atoms with Gasteiger partial charge in [0.2, 0.25) is 5.91 Å². The van der Waals surface area contributed by atoms with Crippen molar-refractivity contribution >= 4 is 45.1 Å². The third-order valence-corrected chi connectivity index (χ3v) is 5.14. The van der Waals surface area contributed by atoms with Crippen molar-refractivity contribution in [2.45, 2.75) is 26.2 Å². The number of aromatic nitrogens is 2. The molecule has 0 fully saturated rings. The van der Waals surface area contributed by atoms with Crippen LogP contribution in [0.25, 0.3) is 11.1 Å². The molecule has 2 aromatic heterocycles. The molecule has 8 heteroatoms. The van der Waals surface area contributed by atoms with Crippen LogP contribution in [0.5, 0.6) is 0 Å². The van der Waals surface area contributed by atoms with Crippen molar-refractivity contribution < 1.29 is 14.0 Å². The third kappa shape index (κ3) is 4.55. The molecule has 0 bridgehead atoms. The van der Waals surface area contributed by atoms with Crippen LogP contribution in [0.4, 0.5) is 10.8 Å². The molecule has 2 amide bonds. The second kappa shape index (κ2) is 8.46. The van der Waals surface area contributed by atoms with E-state index in [-0.39, 0.29) is 24.2 Å². The minimum atomic E-state index is -0.234. The topological polar surface area (TPSA) is 97.1 Å². The van der Waals surface area contributed by atoms with Gasteiger partial charge in [-0.05, 0) is 30.3 Å². The van der Waals surface area contributed by atoms with Crippen molar-refractivity contribution in [3.05, 3.63) is 71.1 Å². The fourth-order valence-corrected chi connectivity index (χ4v) is 3.55. The summed E-state index contributed by atoms with van der Waals surface area (Å²) in [5.74, 6) is 0.425. The number of oxazole rings is 1. The zero-order valence-corrected chi connectivity index (χ0v) is 17.3. The summed E-state index contributed by atoms with van der Waals surface area (Å²) in [4.78, 5) is 33.4. The molecule has 0 unspecified atom stereocenters. The molecular weight excluding hydrogens is 400 g/mol. The number of thiazole rings is 1. The van der Waals surface area contributed by atoms with Crippen molar-refractivity contribution in [1.29, 1.82) is 0 Å². The van der Waals surface area contributed by atoms with Gasteiger partial charge in [-0.2, -0.15) is 0 Å². The molecule has 2 heterocycles. The predicted molar refractivity (Wildman–Crippen MR) is 117 cm³/mol. The van der Waals surface area contributed by atoms with Crippen LogP contribution >= 0.6 is 11.3 Å². The van der Waals surface area contributed by atoms with Crippen LogP contribution in [0.3, 0.4) is 0 Å². The minimum absolute atomic E-state index is 0.103. The van der Waals surface area contributed by atoms with Crippen molar-refractivity contribution in [3.8, 4) is 0 Å². The van der Waals surface area contributed by atoms with E-state index in [1.807, 2.05) is 19.9 Å². The lowest BCUT2D eigenvalue weighted by atomic mass is 10.2. The van der Waals surface area contributed by atoms with Gasteiger partial charge in [-0.1, -0.05) is 32.0 Å². The maximum absolute atomic E-state index is 12.4. The molecule has 0 spiro atoms. The maximum atomic E-state index is 12.4. The summed E-state index contributed by atoms with van der Waals surface area (Å²) in [5.41, 5.74) is 3.18. The molecule has 2 N–H and O–H groups in total. The highest BCUT2D eigenvalue weighted by molar-refractivity contribution is 7.14. The Balaban J connectivity index is 1.37. The van der Waals surface area contributed by atoms with Gasteiger partial charge in [0, 0.05) is 22.5 Å². The standard InChI is InChI=1S/C22H20N4O3S/c1-13(2)21-25-17-10-15(8-9-18(17)29-21)23-19(27)11-16-12-30-22(24-16)26-20(28)14-6-4-3-5-7-14/h3-10,12-13H,11H2,1-2H3,(H,23,27)(H,24,26,28). The number of nitrogens with one attached hydrogen (secondary N) is 2. The zero-order valence-electron chi connectivity index (χ0n) is 16.5.